The van der Waals surface area contributed by atoms with Crippen LogP contribution in [0.1, 0.15) is 17.7 Å². The Hall–Kier alpha value is -2.93. The molecule has 0 saturated heterocycles. The van der Waals surface area contributed by atoms with Crippen LogP contribution in [0.4, 0.5) is 14.6 Å². The highest BCUT2D eigenvalue weighted by molar-refractivity contribution is 5.60. The van der Waals surface area contributed by atoms with Gasteiger partial charge < -0.3 is 10.4 Å². The maximum atomic E-state index is 14.0. The molecule has 5 nitrogen and oxygen atoms in total. The van der Waals surface area contributed by atoms with Crippen molar-refractivity contribution in [2.75, 3.05) is 11.9 Å². The van der Waals surface area contributed by atoms with E-state index in [9.17, 15) is 13.9 Å². The number of nitrogens with one attached hydrogen (secondary N) is 1. The van der Waals surface area contributed by atoms with E-state index in [2.05, 4.69) is 20.5 Å². The lowest BCUT2D eigenvalue weighted by molar-refractivity contribution is 0.282. The van der Waals surface area contributed by atoms with Crippen LogP contribution in [0.25, 0.3) is 11.3 Å². The van der Waals surface area contributed by atoms with Gasteiger partial charge in [0.05, 0.1) is 18.0 Å². The summed E-state index contributed by atoms with van der Waals surface area (Å²) in [5, 5.41) is 20.5. The standard InChI is InChI=1S/C20H20F2N4O/c21-16(12-19-17(22)5-2-9-23-19)8-10-24-20-7-6-18(25-26-20)15-4-1-3-14(11-15)13-27/h1-7,9,11,16,27H,8,10,12-13H2,(H,24,26)/t16-/m0/s1. The molecule has 0 spiro atoms. The molecule has 7 heteroatoms. The average Bonchev–Trinajstić information content (AvgIpc) is 2.70. The van der Waals surface area contributed by atoms with Crippen LogP contribution in [0.15, 0.2) is 54.7 Å². The van der Waals surface area contributed by atoms with Crippen LogP contribution in [-0.2, 0) is 13.0 Å². The number of pyridine rings is 1. The number of benzene rings is 1. The molecular weight excluding hydrogens is 350 g/mol. The van der Waals surface area contributed by atoms with Gasteiger partial charge in [0.1, 0.15) is 17.8 Å². The van der Waals surface area contributed by atoms with Crippen molar-refractivity contribution in [3.63, 3.8) is 0 Å². The molecule has 1 aromatic carbocycles. The summed E-state index contributed by atoms with van der Waals surface area (Å²) in [5.74, 6) is 0.0492. The Morgan fingerprint density at radius 3 is 2.70 bits per heavy atom. The molecule has 0 aliphatic rings. The maximum absolute atomic E-state index is 14.0. The predicted octanol–water partition coefficient (Wildman–Crippen LogP) is 3.55. The second kappa shape index (κ2) is 9.14. The third-order valence-electron chi connectivity index (χ3n) is 4.08. The normalized spacial score (nSPS) is 12.0. The van der Waals surface area contributed by atoms with Crippen LogP contribution < -0.4 is 5.32 Å². The van der Waals surface area contributed by atoms with Crippen LogP contribution in [0, 0.1) is 5.82 Å². The fourth-order valence-electron chi connectivity index (χ4n) is 2.65. The van der Waals surface area contributed by atoms with Gasteiger partial charge >= 0.3 is 0 Å². The summed E-state index contributed by atoms with van der Waals surface area (Å²) in [7, 11) is 0. The van der Waals surface area contributed by atoms with Crippen LogP contribution >= 0.6 is 0 Å². The average molecular weight is 370 g/mol. The van der Waals surface area contributed by atoms with E-state index in [-0.39, 0.29) is 25.1 Å². The first-order valence-corrected chi connectivity index (χ1v) is 8.67. The lowest BCUT2D eigenvalue weighted by Gasteiger charge is -2.10. The summed E-state index contributed by atoms with van der Waals surface area (Å²) in [6.45, 7) is 0.317. The van der Waals surface area contributed by atoms with E-state index in [1.54, 1.807) is 6.07 Å². The first-order chi connectivity index (χ1) is 13.2. The fraction of sp³-hybridized carbons (Fsp3) is 0.250. The Balaban J connectivity index is 1.50. The highest BCUT2D eigenvalue weighted by atomic mass is 19.1. The molecule has 0 bridgehead atoms. The Morgan fingerprint density at radius 2 is 1.96 bits per heavy atom. The van der Waals surface area contributed by atoms with Crippen LogP contribution in [-0.4, -0.2) is 33.0 Å². The molecule has 0 aliphatic heterocycles. The summed E-state index contributed by atoms with van der Waals surface area (Å²) >= 11 is 0. The van der Waals surface area contributed by atoms with Gasteiger partial charge in [-0.1, -0.05) is 18.2 Å². The van der Waals surface area contributed by atoms with E-state index in [1.165, 1.54) is 18.3 Å². The van der Waals surface area contributed by atoms with Gasteiger partial charge in [-0.15, -0.1) is 10.2 Å². The molecule has 27 heavy (non-hydrogen) atoms. The molecule has 2 heterocycles. The minimum atomic E-state index is -1.20. The third kappa shape index (κ3) is 5.27. The molecule has 0 saturated carbocycles. The molecule has 2 N–H and O–H groups in total. The molecule has 0 amide bonds. The van der Waals surface area contributed by atoms with Crippen molar-refractivity contribution in [1.29, 1.82) is 0 Å². The van der Waals surface area contributed by atoms with Crippen molar-refractivity contribution in [3.05, 3.63) is 71.8 Å². The second-order valence-electron chi connectivity index (χ2n) is 6.11. The van der Waals surface area contributed by atoms with Crippen molar-refractivity contribution < 1.29 is 13.9 Å². The van der Waals surface area contributed by atoms with E-state index < -0.39 is 12.0 Å². The number of alkyl halides is 1. The molecule has 3 rings (SSSR count). The Morgan fingerprint density at radius 1 is 1.07 bits per heavy atom. The number of aromatic nitrogens is 3. The summed E-state index contributed by atoms with van der Waals surface area (Å²) in [6, 6.07) is 13.7. The second-order valence-corrected chi connectivity index (χ2v) is 6.11. The predicted molar refractivity (Wildman–Crippen MR) is 99.3 cm³/mol. The number of aliphatic hydroxyl groups excluding tert-OH is 1. The quantitative estimate of drug-likeness (QED) is 0.635. The third-order valence-corrected chi connectivity index (χ3v) is 4.08. The smallest absolute Gasteiger partial charge is 0.148 e. The van der Waals surface area contributed by atoms with Gasteiger partial charge in [0.25, 0.3) is 0 Å². The van der Waals surface area contributed by atoms with Gasteiger partial charge in [-0.25, -0.2) is 8.78 Å². The summed E-state index contributed by atoms with van der Waals surface area (Å²) in [5.41, 5.74) is 2.49. The number of halogens is 2. The van der Waals surface area contributed by atoms with Gasteiger partial charge in [-0.05, 0) is 42.3 Å². The van der Waals surface area contributed by atoms with Gasteiger partial charge in [-0.2, -0.15) is 0 Å². The van der Waals surface area contributed by atoms with Crippen molar-refractivity contribution in [1.82, 2.24) is 15.2 Å². The zero-order valence-corrected chi connectivity index (χ0v) is 14.6. The van der Waals surface area contributed by atoms with E-state index in [1.807, 2.05) is 30.3 Å². The first-order valence-electron chi connectivity index (χ1n) is 8.67. The highest BCUT2D eigenvalue weighted by Crippen LogP contribution is 2.19. The van der Waals surface area contributed by atoms with Crippen molar-refractivity contribution in [3.8, 4) is 11.3 Å². The summed E-state index contributed by atoms with van der Waals surface area (Å²) in [6.07, 6.45) is 0.407. The largest absolute Gasteiger partial charge is 0.392 e. The molecule has 3 aromatic rings. The molecule has 1 atom stereocenters. The lowest BCUT2D eigenvalue weighted by atomic mass is 10.1. The highest BCUT2D eigenvalue weighted by Gasteiger charge is 2.12. The number of aliphatic hydroxyl groups is 1. The molecule has 140 valence electrons. The van der Waals surface area contributed by atoms with Gasteiger partial charge in [0.2, 0.25) is 0 Å². The molecule has 0 radical (unpaired) electrons. The van der Waals surface area contributed by atoms with Gasteiger partial charge in [0.15, 0.2) is 0 Å². The Labute approximate surface area is 156 Å². The zero-order valence-electron chi connectivity index (χ0n) is 14.6. The zero-order chi connectivity index (χ0) is 19.1. The maximum Gasteiger partial charge on any atom is 0.148 e. The van der Waals surface area contributed by atoms with Crippen molar-refractivity contribution >= 4 is 5.82 Å². The fourth-order valence-corrected chi connectivity index (χ4v) is 2.65. The van der Waals surface area contributed by atoms with E-state index >= 15 is 0 Å². The van der Waals surface area contributed by atoms with Crippen LogP contribution in [0.2, 0.25) is 0 Å². The number of hydrogen-bond donors (Lipinski definition) is 2. The summed E-state index contributed by atoms with van der Waals surface area (Å²) < 4.78 is 27.5. The number of hydrogen-bond acceptors (Lipinski definition) is 5. The Bertz CT molecular complexity index is 874. The molecule has 0 unspecified atom stereocenters. The lowest BCUT2D eigenvalue weighted by Crippen LogP contribution is -2.14. The van der Waals surface area contributed by atoms with Gasteiger partial charge in [0, 0.05) is 24.7 Å². The molecule has 0 aliphatic carbocycles. The minimum Gasteiger partial charge on any atom is -0.392 e. The molecule has 2 aromatic heterocycles. The SMILES string of the molecule is OCc1cccc(-c2ccc(NCC[C@H](F)Cc3ncccc3F)nn2)c1. The number of rotatable bonds is 8. The topological polar surface area (TPSA) is 70.9 Å². The van der Waals surface area contributed by atoms with E-state index in [0.29, 0.717) is 18.1 Å². The molecular formula is C20H20F2N4O. The van der Waals surface area contributed by atoms with E-state index in [0.717, 1.165) is 11.1 Å². The van der Waals surface area contributed by atoms with Gasteiger partial charge in [-0.3, -0.25) is 4.98 Å². The van der Waals surface area contributed by atoms with Crippen LogP contribution in [0.5, 0.6) is 0 Å². The monoisotopic (exact) mass is 370 g/mol. The first kappa shape index (κ1) is 18.8. The minimum absolute atomic E-state index is 0.0340. The number of nitrogens with zero attached hydrogens (tertiary/aromatic N) is 3. The van der Waals surface area contributed by atoms with E-state index in [4.69, 9.17) is 0 Å². The Kier molecular flexibility index (Phi) is 6.38. The summed E-state index contributed by atoms with van der Waals surface area (Å²) in [4.78, 5) is 3.86. The van der Waals surface area contributed by atoms with Crippen molar-refractivity contribution in [2.45, 2.75) is 25.6 Å². The van der Waals surface area contributed by atoms with Crippen LogP contribution in [0.3, 0.4) is 0 Å². The number of anilines is 1. The van der Waals surface area contributed by atoms with Crippen molar-refractivity contribution in [2.24, 2.45) is 0 Å². The molecule has 0 fully saturated rings.